The Labute approximate surface area is 134 Å². The average Bonchev–Trinajstić information content (AvgIpc) is 2.99. The van der Waals surface area contributed by atoms with E-state index in [0.717, 1.165) is 16.9 Å². The molecule has 0 spiro atoms. The molecule has 0 atom stereocenters. The number of nitrogens with one attached hydrogen (secondary N) is 2. The van der Waals surface area contributed by atoms with Crippen LogP contribution < -0.4 is 10.3 Å². The fourth-order valence-electron chi connectivity index (χ4n) is 1.77. The number of hydrogen-bond donors (Lipinski definition) is 2. The molecule has 7 heteroatoms. The molecule has 0 fully saturated rings. The molecule has 0 aliphatic rings. The van der Waals surface area contributed by atoms with Crippen LogP contribution in [0.25, 0.3) is 0 Å². The molecule has 0 bridgehead atoms. The van der Waals surface area contributed by atoms with Crippen molar-refractivity contribution in [1.82, 2.24) is 10.3 Å². The fraction of sp³-hybridized carbons (Fsp3) is 0.267. The second kappa shape index (κ2) is 6.20. The van der Waals surface area contributed by atoms with E-state index in [-0.39, 0.29) is 9.62 Å². The van der Waals surface area contributed by atoms with Gasteiger partial charge in [-0.15, -0.1) is 16.2 Å². The number of thiophene rings is 1. The summed E-state index contributed by atoms with van der Waals surface area (Å²) in [5.41, 5.74) is 3.70. The van der Waals surface area contributed by atoms with Gasteiger partial charge >= 0.3 is 0 Å². The smallest absolute Gasteiger partial charge is 0.266 e. The first-order valence-corrected chi connectivity index (χ1v) is 9.03. The zero-order valence-corrected chi connectivity index (χ0v) is 14.2. The third-order valence-electron chi connectivity index (χ3n) is 3.07. The van der Waals surface area contributed by atoms with Crippen LogP contribution in [0, 0.1) is 0 Å². The Morgan fingerprint density at radius 3 is 2.23 bits per heavy atom. The molecule has 0 unspecified atom stereocenters. The highest BCUT2D eigenvalue weighted by atomic mass is 32.2. The van der Waals surface area contributed by atoms with Crippen LogP contribution in [0.3, 0.4) is 0 Å². The minimum atomic E-state index is -3.71. The Balaban J connectivity index is 2.04. The monoisotopic (exact) mass is 338 g/mol. The topological polar surface area (TPSA) is 75.3 Å². The van der Waals surface area contributed by atoms with Crippen molar-refractivity contribution in [2.45, 2.75) is 30.4 Å². The largest absolute Gasteiger partial charge is 0.273 e. The van der Waals surface area contributed by atoms with Crippen molar-refractivity contribution < 1.29 is 13.2 Å². The Hall–Kier alpha value is -1.70. The molecule has 1 heterocycles. The molecule has 2 aromatic rings. The van der Waals surface area contributed by atoms with Gasteiger partial charge in [0.2, 0.25) is 0 Å². The van der Waals surface area contributed by atoms with Gasteiger partial charge in [-0.25, -0.2) is 8.42 Å². The van der Waals surface area contributed by atoms with E-state index in [1.165, 1.54) is 6.07 Å². The van der Waals surface area contributed by atoms with Gasteiger partial charge in [0, 0.05) is 5.56 Å². The zero-order chi connectivity index (χ0) is 16.4. The number of sulfonamides is 1. The van der Waals surface area contributed by atoms with Gasteiger partial charge in [-0.2, -0.15) is 0 Å². The van der Waals surface area contributed by atoms with Crippen molar-refractivity contribution in [1.29, 1.82) is 0 Å². The predicted octanol–water partition coefficient (Wildman–Crippen LogP) is 2.67. The van der Waals surface area contributed by atoms with Gasteiger partial charge in [-0.3, -0.25) is 10.2 Å². The van der Waals surface area contributed by atoms with E-state index in [2.05, 4.69) is 31.0 Å². The first-order chi connectivity index (χ1) is 10.2. The van der Waals surface area contributed by atoms with Crippen molar-refractivity contribution in [3.05, 3.63) is 52.9 Å². The second-order valence-electron chi connectivity index (χ2n) is 5.82. The van der Waals surface area contributed by atoms with E-state index in [9.17, 15) is 13.2 Å². The summed E-state index contributed by atoms with van der Waals surface area (Å²) in [7, 11) is -3.71. The van der Waals surface area contributed by atoms with E-state index in [1.807, 2.05) is 12.1 Å². The lowest BCUT2D eigenvalue weighted by atomic mass is 9.87. The molecule has 1 aromatic carbocycles. The van der Waals surface area contributed by atoms with Gasteiger partial charge in [0.15, 0.2) is 0 Å². The molecule has 0 aliphatic carbocycles. The Morgan fingerprint density at radius 1 is 1.09 bits per heavy atom. The number of hydrogen-bond acceptors (Lipinski definition) is 4. The highest BCUT2D eigenvalue weighted by molar-refractivity contribution is 7.91. The van der Waals surface area contributed by atoms with Crippen LogP contribution in [0.1, 0.15) is 36.7 Å². The van der Waals surface area contributed by atoms with Gasteiger partial charge in [0.1, 0.15) is 4.21 Å². The van der Waals surface area contributed by atoms with Gasteiger partial charge in [0.25, 0.3) is 15.9 Å². The first-order valence-electron chi connectivity index (χ1n) is 6.66. The highest BCUT2D eigenvalue weighted by Crippen LogP contribution is 2.22. The normalized spacial score (nSPS) is 12.1. The summed E-state index contributed by atoms with van der Waals surface area (Å²) in [6.07, 6.45) is 0. The van der Waals surface area contributed by atoms with E-state index in [4.69, 9.17) is 0 Å². The van der Waals surface area contributed by atoms with Crippen LogP contribution in [0.15, 0.2) is 46.0 Å². The van der Waals surface area contributed by atoms with Crippen molar-refractivity contribution in [3.8, 4) is 0 Å². The van der Waals surface area contributed by atoms with Crippen LogP contribution in [0.5, 0.6) is 0 Å². The van der Waals surface area contributed by atoms with E-state index < -0.39 is 15.9 Å². The van der Waals surface area contributed by atoms with Crippen LogP contribution >= 0.6 is 11.3 Å². The lowest BCUT2D eigenvalue weighted by Gasteiger charge is -2.19. The molecule has 1 aromatic heterocycles. The Kier molecular flexibility index (Phi) is 4.69. The summed E-state index contributed by atoms with van der Waals surface area (Å²) in [5.74, 6) is -0.499. The van der Waals surface area contributed by atoms with Crippen LogP contribution in [0.2, 0.25) is 0 Å². The van der Waals surface area contributed by atoms with Gasteiger partial charge in [0.05, 0.1) is 0 Å². The SMILES string of the molecule is CC(C)(C)c1ccc(C(=O)NNS(=O)(=O)c2cccs2)cc1. The summed E-state index contributed by atoms with van der Waals surface area (Å²) < 4.78 is 23.9. The van der Waals surface area contributed by atoms with Crippen LogP contribution in [-0.4, -0.2) is 14.3 Å². The quantitative estimate of drug-likeness (QED) is 0.842. The van der Waals surface area contributed by atoms with E-state index in [0.29, 0.717) is 5.56 Å². The zero-order valence-electron chi connectivity index (χ0n) is 12.6. The van der Waals surface area contributed by atoms with E-state index in [1.54, 1.807) is 23.6 Å². The maximum Gasteiger partial charge on any atom is 0.266 e. The predicted molar refractivity (Wildman–Crippen MR) is 87.2 cm³/mol. The molecular formula is C15H18N2O3S2. The summed E-state index contributed by atoms with van der Waals surface area (Å²) in [5, 5.41) is 1.65. The molecular weight excluding hydrogens is 320 g/mol. The number of benzene rings is 1. The van der Waals surface area contributed by atoms with Gasteiger partial charge in [-0.1, -0.05) is 39.0 Å². The third kappa shape index (κ3) is 3.94. The molecule has 2 N–H and O–H groups in total. The average molecular weight is 338 g/mol. The van der Waals surface area contributed by atoms with Crippen molar-refractivity contribution in [3.63, 3.8) is 0 Å². The molecule has 118 valence electrons. The lowest BCUT2D eigenvalue weighted by molar-refractivity contribution is 0.0945. The minimum absolute atomic E-state index is 0.00420. The standard InChI is InChI=1S/C15H18N2O3S2/c1-15(2,3)12-8-6-11(7-9-12)14(18)16-17-22(19,20)13-5-4-10-21-13/h4-10,17H,1-3H3,(H,16,18). The molecule has 5 nitrogen and oxygen atoms in total. The fourth-order valence-corrected chi connectivity index (χ4v) is 3.61. The molecule has 0 aliphatic heterocycles. The molecule has 22 heavy (non-hydrogen) atoms. The number of hydrazine groups is 1. The molecule has 2 rings (SSSR count). The summed E-state index contributed by atoms with van der Waals surface area (Å²) in [6.45, 7) is 6.24. The van der Waals surface area contributed by atoms with Gasteiger partial charge < -0.3 is 0 Å². The van der Waals surface area contributed by atoms with E-state index >= 15 is 0 Å². The summed E-state index contributed by atoms with van der Waals surface area (Å²) in [6, 6.07) is 10.2. The van der Waals surface area contributed by atoms with Crippen LogP contribution in [-0.2, 0) is 15.4 Å². The number of amides is 1. The van der Waals surface area contributed by atoms with Crippen molar-refractivity contribution in [2.24, 2.45) is 0 Å². The third-order valence-corrected chi connectivity index (χ3v) is 5.72. The van der Waals surface area contributed by atoms with Crippen LogP contribution in [0.4, 0.5) is 0 Å². The van der Waals surface area contributed by atoms with Crippen molar-refractivity contribution >= 4 is 27.3 Å². The number of carbonyl (C=O) groups excluding carboxylic acids is 1. The first kappa shape index (κ1) is 16.7. The summed E-state index contributed by atoms with van der Waals surface area (Å²) in [4.78, 5) is 14.1. The summed E-state index contributed by atoms with van der Waals surface area (Å²) >= 11 is 1.08. The number of rotatable bonds is 4. The highest BCUT2D eigenvalue weighted by Gasteiger charge is 2.17. The molecule has 0 radical (unpaired) electrons. The maximum absolute atomic E-state index is 12.0. The Bertz CT molecular complexity index is 743. The minimum Gasteiger partial charge on any atom is -0.273 e. The second-order valence-corrected chi connectivity index (χ2v) is 8.68. The van der Waals surface area contributed by atoms with Crippen molar-refractivity contribution in [2.75, 3.05) is 0 Å². The molecule has 1 amide bonds. The molecule has 0 saturated carbocycles. The maximum atomic E-state index is 12.0. The Morgan fingerprint density at radius 2 is 1.73 bits per heavy atom. The number of carbonyl (C=O) groups is 1. The lowest BCUT2D eigenvalue weighted by Crippen LogP contribution is -2.41. The van der Waals surface area contributed by atoms with Gasteiger partial charge in [-0.05, 0) is 34.6 Å². The molecule has 0 saturated heterocycles.